The summed E-state index contributed by atoms with van der Waals surface area (Å²) < 4.78 is 0. The minimum atomic E-state index is -0.496. The molecule has 1 rings (SSSR count). The van der Waals surface area contributed by atoms with E-state index in [1.807, 2.05) is 52.8 Å². The molecule has 0 bridgehead atoms. The highest BCUT2D eigenvalue weighted by Crippen LogP contribution is 2.16. The van der Waals surface area contributed by atoms with Crippen LogP contribution in [0.5, 0.6) is 0 Å². The van der Waals surface area contributed by atoms with Crippen molar-refractivity contribution in [2.45, 2.75) is 40.7 Å². The van der Waals surface area contributed by atoms with Crippen molar-refractivity contribution in [3.63, 3.8) is 0 Å². The second-order valence-electron chi connectivity index (χ2n) is 6.18. The Labute approximate surface area is 115 Å². The lowest BCUT2D eigenvalue weighted by Gasteiger charge is -2.26. The number of ketones is 1. The van der Waals surface area contributed by atoms with Crippen LogP contribution in [0, 0.1) is 11.3 Å². The quantitative estimate of drug-likeness (QED) is 0.847. The van der Waals surface area contributed by atoms with Crippen molar-refractivity contribution in [3.8, 4) is 0 Å². The smallest absolute Gasteiger partial charge is 0.225 e. The molecular formula is C16H23NO2. The van der Waals surface area contributed by atoms with Gasteiger partial charge >= 0.3 is 0 Å². The van der Waals surface area contributed by atoms with E-state index in [4.69, 9.17) is 0 Å². The summed E-state index contributed by atoms with van der Waals surface area (Å²) in [6.45, 7) is 9.40. The zero-order valence-corrected chi connectivity index (χ0v) is 12.4. The van der Waals surface area contributed by atoms with Crippen molar-refractivity contribution in [2.24, 2.45) is 11.3 Å². The van der Waals surface area contributed by atoms with E-state index in [0.29, 0.717) is 5.56 Å². The third kappa shape index (κ3) is 4.19. The second-order valence-corrected chi connectivity index (χ2v) is 6.18. The molecule has 0 heterocycles. The van der Waals surface area contributed by atoms with E-state index in [1.54, 1.807) is 12.1 Å². The monoisotopic (exact) mass is 261 g/mol. The summed E-state index contributed by atoms with van der Waals surface area (Å²) in [5, 5.41) is 2.87. The van der Waals surface area contributed by atoms with Crippen molar-refractivity contribution < 1.29 is 9.59 Å². The minimum absolute atomic E-state index is 0.0341. The van der Waals surface area contributed by atoms with Crippen LogP contribution in [0.25, 0.3) is 0 Å². The number of nitrogens with one attached hydrogen (secondary N) is 1. The number of benzene rings is 1. The van der Waals surface area contributed by atoms with Gasteiger partial charge in [-0.1, -0.05) is 65.0 Å². The first-order chi connectivity index (χ1) is 8.73. The number of carbonyl (C=O) groups excluding carboxylic acids is 2. The summed E-state index contributed by atoms with van der Waals surface area (Å²) in [5.41, 5.74) is 0.139. The van der Waals surface area contributed by atoms with Crippen LogP contribution in [0.15, 0.2) is 30.3 Å². The topological polar surface area (TPSA) is 46.2 Å². The predicted octanol–water partition coefficient (Wildman–Crippen LogP) is 3.06. The van der Waals surface area contributed by atoms with Gasteiger partial charge < -0.3 is 5.32 Å². The Morgan fingerprint density at radius 1 is 1.05 bits per heavy atom. The van der Waals surface area contributed by atoms with Gasteiger partial charge in [-0.3, -0.25) is 9.59 Å². The van der Waals surface area contributed by atoms with E-state index in [1.165, 1.54) is 0 Å². The lowest BCUT2D eigenvalue weighted by Crippen LogP contribution is -2.48. The molecule has 104 valence electrons. The van der Waals surface area contributed by atoms with Crippen LogP contribution in [0.3, 0.4) is 0 Å². The molecule has 0 saturated carbocycles. The van der Waals surface area contributed by atoms with Gasteiger partial charge in [-0.15, -0.1) is 0 Å². The van der Waals surface area contributed by atoms with Gasteiger partial charge in [0.25, 0.3) is 0 Å². The highest BCUT2D eigenvalue weighted by Gasteiger charge is 2.29. The van der Waals surface area contributed by atoms with E-state index < -0.39 is 11.5 Å². The fraction of sp³-hybridized carbons (Fsp3) is 0.500. The molecule has 1 N–H and O–H groups in total. The zero-order valence-electron chi connectivity index (χ0n) is 12.4. The summed E-state index contributed by atoms with van der Waals surface area (Å²) >= 11 is 0. The molecule has 0 aliphatic heterocycles. The third-order valence-corrected chi connectivity index (χ3v) is 2.98. The van der Waals surface area contributed by atoms with Gasteiger partial charge in [0, 0.05) is 11.0 Å². The number of hydrogen-bond donors (Lipinski definition) is 1. The van der Waals surface area contributed by atoms with Gasteiger partial charge in [-0.05, 0) is 5.92 Å². The average Bonchev–Trinajstić information content (AvgIpc) is 2.34. The number of Topliss-reactive ketones (excluding diaryl/α,β-unsaturated/α-hetero) is 1. The first kappa shape index (κ1) is 15.4. The molecule has 0 unspecified atom stereocenters. The Hall–Kier alpha value is -1.64. The van der Waals surface area contributed by atoms with Crippen molar-refractivity contribution in [3.05, 3.63) is 35.9 Å². The van der Waals surface area contributed by atoms with E-state index in [9.17, 15) is 9.59 Å². The van der Waals surface area contributed by atoms with Crippen LogP contribution in [-0.4, -0.2) is 17.7 Å². The Bertz CT molecular complexity index is 444. The van der Waals surface area contributed by atoms with E-state index in [0.717, 1.165) is 0 Å². The number of hydrogen-bond acceptors (Lipinski definition) is 2. The molecule has 0 aromatic heterocycles. The fourth-order valence-electron chi connectivity index (χ4n) is 1.67. The Morgan fingerprint density at radius 2 is 1.58 bits per heavy atom. The molecule has 3 nitrogen and oxygen atoms in total. The first-order valence-corrected chi connectivity index (χ1v) is 6.63. The molecule has 0 aliphatic rings. The highest BCUT2D eigenvalue weighted by molar-refractivity contribution is 6.02. The molecule has 0 radical (unpaired) electrons. The summed E-state index contributed by atoms with van der Waals surface area (Å²) in [5.74, 6) is -0.0808. The van der Waals surface area contributed by atoms with Gasteiger partial charge in [-0.25, -0.2) is 0 Å². The van der Waals surface area contributed by atoms with E-state index in [-0.39, 0.29) is 17.6 Å². The normalized spacial score (nSPS) is 13.2. The van der Waals surface area contributed by atoms with Crippen LogP contribution in [0.4, 0.5) is 0 Å². The molecule has 1 aromatic rings. The van der Waals surface area contributed by atoms with Gasteiger partial charge in [-0.2, -0.15) is 0 Å². The van der Waals surface area contributed by atoms with Gasteiger partial charge in [0.1, 0.15) is 0 Å². The van der Waals surface area contributed by atoms with Gasteiger partial charge in [0.15, 0.2) is 5.78 Å². The Morgan fingerprint density at radius 3 is 2.00 bits per heavy atom. The third-order valence-electron chi connectivity index (χ3n) is 2.98. The SMILES string of the molecule is CC(C)[C@@H](NC(=O)C(C)(C)C)C(=O)c1ccccc1. The summed E-state index contributed by atoms with van der Waals surface area (Å²) in [7, 11) is 0. The van der Waals surface area contributed by atoms with Crippen LogP contribution >= 0.6 is 0 Å². The van der Waals surface area contributed by atoms with Crippen LogP contribution in [0.1, 0.15) is 45.0 Å². The second kappa shape index (κ2) is 6.00. The molecule has 0 saturated heterocycles. The van der Waals surface area contributed by atoms with Crippen LogP contribution in [-0.2, 0) is 4.79 Å². The first-order valence-electron chi connectivity index (χ1n) is 6.63. The zero-order chi connectivity index (χ0) is 14.6. The lowest BCUT2D eigenvalue weighted by molar-refractivity contribution is -0.129. The van der Waals surface area contributed by atoms with E-state index >= 15 is 0 Å². The molecule has 1 aromatic carbocycles. The summed E-state index contributed by atoms with van der Waals surface area (Å²) in [4.78, 5) is 24.5. The fourth-order valence-corrected chi connectivity index (χ4v) is 1.67. The van der Waals surface area contributed by atoms with Gasteiger partial charge in [0.2, 0.25) is 5.91 Å². The maximum absolute atomic E-state index is 12.4. The van der Waals surface area contributed by atoms with Gasteiger partial charge in [0.05, 0.1) is 6.04 Å². The number of rotatable bonds is 4. The molecule has 1 amide bonds. The largest absolute Gasteiger partial charge is 0.345 e. The molecule has 1 atom stereocenters. The lowest BCUT2D eigenvalue weighted by atomic mass is 9.91. The highest BCUT2D eigenvalue weighted by atomic mass is 16.2. The Kier molecular flexibility index (Phi) is 4.87. The van der Waals surface area contributed by atoms with Crippen molar-refractivity contribution >= 4 is 11.7 Å². The number of carbonyl (C=O) groups is 2. The maximum atomic E-state index is 12.4. The average molecular weight is 261 g/mol. The predicted molar refractivity (Wildman–Crippen MR) is 77.0 cm³/mol. The molecule has 19 heavy (non-hydrogen) atoms. The molecule has 0 spiro atoms. The summed E-state index contributed by atoms with van der Waals surface area (Å²) in [6.07, 6.45) is 0. The molecular weight excluding hydrogens is 238 g/mol. The maximum Gasteiger partial charge on any atom is 0.225 e. The summed E-state index contributed by atoms with van der Waals surface area (Å²) in [6, 6.07) is 8.61. The van der Waals surface area contributed by atoms with Crippen LogP contribution in [0.2, 0.25) is 0 Å². The molecule has 0 aliphatic carbocycles. The standard InChI is InChI=1S/C16H23NO2/c1-11(2)13(17-15(19)16(3,4)5)14(18)12-9-7-6-8-10-12/h6-11,13H,1-5H3,(H,17,19)/t13-/m1/s1. The molecule has 3 heteroatoms. The Balaban J connectivity index is 2.91. The van der Waals surface area contributed by atoms with Crippen molar-refractivity contribution in [2.75, 3.05) is 0 Å². The minimum Gasteiger partial charge on any atom is -0.345 e. The van der Waals surface area contributed by atoms with Crippen LogP contribution < -0.4 is 5.32 Å². The van der Waals surface area contributed by atoms with Crippen molar-refractivity contribution in [1.29, 1.82) is 0 Å². The molecule has 0 fully saturated rings. The number of amides is 1. The van der Waals surface area contributed by atoms with Crippen molar-refractivity contribution in [1.82, 2.24) is 5.32 Å². The van der Waals surface area contributed by atoms with E-state index in [2.05, 4.69) is 5.32 Å².